The van der Waals surface area contributed by atoms with Gasteiger partial charge in [-0.3, -0.25) is 0 Å². The largest absolute Gasteiger partial charge is 0.0767 e. The van der Waals surface area contributed by atoms with Gasteiger partial charge in [-0.05, 0) is 150 Å². The number of benzene rings is 10. The first-order valence-electron chi connectivity index (χ1n) is 21.3. The van der Waals surface area contributed by atoms with E-state index < -0.39 is 0 Å². The molecule has 0 saturated carbocycles. The van der Waals surface area contributed by atoms with Crippen molar-refractivity contribution >= 4 is 54.2 Å². The van der Waals surface area contributed by atoms with Crippen LogP contribution in [0.5, 0.6) is 0 Å². The third kappa shape index (κ3) is 4.25. The highest BCUT2D eigenvalue weighted by Crippen LogP contribution is 2.62. The molecule has 0 nitrogen and oxygen atoms in total. The number of fused-ring (bicyclic) bond motifs is 7. The summed E-state index contributed by atoms with van der Waals surface area (Å²) in [7, 11) is 0. The minimum Gasteiger partial charge on any atom is -0.0767 e. The van der Waals surface area contributed by atoms with Crippen molar-refractivity contribution in [3.63, 3.8) is 0 Å². The molecule has 0 heterocycles. The van der Waals surface area contributed by atoms with Gasteiger partial charge in [0.2, 0.25) is 0 Å². The van der Waals surface area contributed by atoms with Gasteiger partial charge in [-0.15, -0.1) is 0 Å². The maximum absolute atomic E-state index is 2.59. The fourth-order valence-electron chi connectivity index (χ4n) is 11.7. The SMILES string of the molecule is C1=CC2C=CC=C3c4c(c(-c5ccccc5-c5ccccc5)c5cc6c(cc5c4-c4ccccc4-c4ccccc4)-c4cc5cccc7ccc8ccc-6c4c8c75)C(=C1)C32. The Kier molecular flexibility index (Phi) is 6.49. The lowest BCUT2D eigenvalue weighted by atomic mass is 9.77. The van der Waals surface area contributed by atoms with Gasteiger partial charge in [-0.25, -0.2) is 0 Å². The van der Waals surface area contributed by atoms with E-state index in [2.05, 4.69) is 206 Å². The molecule has 60 heavy (non-hydrogen) atoms. The van der Waals surface area contributed by atoms with E-state index in [1.165, 1.54) is 132 Å². The normalized spacial score (nSPS) is 16.7. The maximum atomic E-state index is 2.59. The number of allylic oxidation sites excluding steroid dienone is 8. The van der Waals surface area contributed by atoms with Gasteiger partial charge in [-0.1, -0.05) is 188 Å². The van der Waals surface area contributed by atoms with E-state index in [1.54, 1.807) is 0 Å². The average molecular weight is 757 g/mol. The molecule has 0 aliphatic heterocycles. The highest BCUT2D eigenvalue weighted by Gasteiger charge is 2.42. The first-order chi connectivity index (χ1) is 29.8. The second-order valence-corrected chi connectivity index (χ2v) is 17.0. The number of hydrogen-bond donors (Lipinski definition) is 0. The Labute approximate surface area is 348 Å². The zero-order valence-corrected chi connectivity index (χ0v) is 32.8. The topological polar surface area (TPSA) is 0 Å². The van der Waals surface area contributed by atoms with Crippen LogP contribution in [0.15, 0.2) is 206 Å². The van der Waals surface area contributed by atoms with Crippen molar-refractivity contribution in [2.45, 2.75) is 0 Å². The van der Waals surface area contributed by atoms with Crippen molar-refractivity contribution in [1.82, 2.24) is 0 Å². The first kappa shape index (κ1) is 32.4. The molecule has 0 fully saturated rings. The smallest absolute Gasteiger partial charge is 0.0200 e. The van der Waals surface area contributed by atoms with Gasteiger partial charge in [-0.2, -0.15) is 0 Å². The fraction of sp³-hybridized carbons (Fsp3) is 0.0333. The van der Waals surface area contributed by atoms with Crippen LogP contribution >= 0.6 is 0 Å². The Balaban J connectivity index is 1.21. The van der Waals surface area contributed by atoms with Gasteiger partial charge in [0.1, 0.15) is 0 Å². The molecule has 0 spiro atoms. The molecule has 0 bridgehead atoms. The van der Waals surface area contributed by atoms with Crippen LogP contribution in [0.25, 0.3) is 121 Å². The molecule has 276 valence electrons. The Hall–Kier alpha value is -7.54. The van der Waals surface area contributed by atoms with Crippen molar-refractivity contribution in [1.29, 1.82) is 0 Å². The summed E-state index contributed by atoms with van der Waals surface area (Å²) >= 11 is 0. The minimum atomic E-state index is 0.260. The molecule has 0 aromatic heterocycles. The third-order valence-corrected chi connectivity index (χ3v) is 14.1. The van der Waals surface area contributed by atoms with Crippen molar-refractivity contribution in [3.8, 4) is 66.8 Å². The van der Waals surface area contributed by atoms with Crippen LogP contribution in [0.3, 0.4) is 0 Å². The Morgan fingerprint density at radius 2 is 0.800 bits per heavy atom. The second kappa shape index (κ2) is 12.0. The van der Waals surface area contributed by atoms with Crippen LogP contribution in [-0.2, 0) is 0 Å². The van der Waals surface area contributed by atoms with Gasteiger partial charge < -0.3 is 0 Å². The lowest BCUT2D eigenvalue weighted by Crippen LogP contribution is -2.14. The summed E-state index contributed by atoms with van der Waals surface area (Å²) in [4.78, 5) is 0. The van der Waals surface area contributed by atoms with Gasteiger partial charge in [0.05, 0.1) is 0 Å². The molecule has 14 rings (SSSR count). The second-order valence-electron chi connectivity index (χ2n) is 17.0. The van der Waals surface area contributed by atoms with Crippen LogP contribution < -0.4 is 0 Å². The molecule has 0 heteroatoms. The lowest BCUT2D eigenvalue weighted by Gasteiger charge is -2.26. The summed E-state index contributed by atoms with van der Waals surface area (Å²) in [5.41, 5.74) is 21.1. The monoisotopic (exact) mass is 756 g/mol. The quantitative estimate of drug-likeness (QED) is 0.157. The molecule has 0 radical (unpaired) electrons. The number of hydrogen-bond acceptors (Lipinski definition) is 0. The summed E-state index contributed by atoms with van der Waals surface area (Å²) in [6, 6.07) is 64.0. The predicted molar refractivity (Wildman–Crippen MR) is 255 cm³/mol. The fourth-order valence-corrected chi connectivity index (χ4v) is 11.7. The highest BCUT2D eigenvalue weighted by molar-refractivity contribution is 6.33. The summed E-state index contributed by atoms with van der Waals surface area (Å²) in [6.07, 6.45) is 14.3. The van der Waals surface area contributed by atoms with Crippen LogP contribution in [0, 0.1) is 11.8 Å². The Bertz CT molecular complexity index is 3630. The average Bonchev–Trinajstić information content (AvgIpc) is 3.81. The van der Waals surface area contributed by atoms with E-state index in [0.29, 0.717) is 5.92 Å². The Morgan fingerprint density at radius 1 is 0.300 bits per heavy atom. The first-order valence-corrected chi connectivity index (χ1v) is 21.3. The molecule has 10 aromatic carbocycles. The zero-order valence-electron chi connectivity index (χ0n) is 32.8. The van der Waals surface area contributed by atoms with Gasteiger partial charge in [0.25, 0.3) is 0 Å². The molecule has 4 aliphatic rings. The van der Waals surface area contributed by atoms with E-state index in [1.807, 2.05) is 0 Å². The maximum Gasteiger partial charge on any atom is 0.0200 e. The zero-order chi connectivity index (χ0) is 39.1. The summed E-state index contributed by atoms with van der Waals surface area (Å²) in [5.74, 6) is 0.570. The summed E-state index contributed by atoms with van der Waals surface area (Å²) in [5, 5.41) is 10.7. The van der Waals surface area contributed by atoms with Crippen LogP contribution in [0.4, 0.5) is 0 Å². The van der Waals surface area contributed by atoms with Crippen molar-refractivity contribution in [2.24, 2.45) is 11.8 Å². The van der Waals surface area contributed by atoms with E-state index in [4.69, 9.17) is 0 Å². The summed E-state index contributed by atoms with van der Waals surface area (Å²) < 4.78 is 0. The molecular formula is C60H36. The number of rotatable bonds is 4. The predicted octanol–water partition coefficient (Wildman–Crippen LogP) is 16.2. The molecule has 0 amide bonds. The molecule has 0 saturated heterocycles. The standard InChI is InChI=1S/C60H36/c1-3-14-35(15-4-1)41-22-7-9-24-43(41)57-51-33-48-45-31-30-39-29-28-38-18-11-21-40-32-50(56(45)55(39)53(38)40)49(48)34-52(51)58(44-25-10-8-23-42(44)36-16-5-2-6-17-36)60-47-27-13-20-37-19-12-26-46(54(37)47)59(57)60/h1-34,37,54H. The van der Waals surface area contributed by atoms with E-state index in [9.17, 15) is 0 Å². The van der Waals surface area contributed by atoms with Crippen LogP contribution in [-0.4, -0.2) is 0 Å². The van der Waals surface area contributed by atoms with Crippen molar-refractivity contribution in [2.75, 3.05) is 0 Å². The molecule has 10 aromatic rings. The van der Waals surface area contributed by atoms with E-state index in [0.717, 1.165) is 0 Å². The van der Waals surface area contributed by atoms with Crippen LogP contribution in [0.2, 0.25) is 0 Å². The molecule has 2 unspecified atom stereocenters. The molecule has 0 N–H and O–H groups in total. The molecular weight excluding hydrogens is 721 g/mol. The molecule has 4 aliphatic carbocycles. The van der Waals surface area contributed by atoms with Gasteiger partial charge >= 0.3 is 0 Å². The minimum absolute atomic E-state index is 0.260. The van der Waals surface area contributed by atoms with Crippen LogP contribution in [0.1, 0.15) is 11.1 Å². The molecule has 2 atom stereocenters. The van der Waals surface area contributed by atoms with Crippen molar-refractivity contribution < 1.29 is 0 Å². The lowest BCUT2D eigenvalue weighted by molar-refractivity contribution is 0.707. The van der Waals surface area contributed by atoms with Crippen molar-refractivity contribution in [3.05, 3.63) is 217 Å². The van der Waals surface area contributed by atoms with Gasteiger partial charge in [0, 0.05) is 11.8 Å². The highest BCUT2D eigenvalue weighted by atomic mass is 14.4. The summed E-state index contributed by atoms with van der Waals surface area (Å²) in [6.45, 7) is 0. The van der Waals surface area contributed by atoms with E-state index in [-0.39, 0.29) is 5.92 Å². The Morgan fingerprint density at radius 3 is 1.40 bits per heavy atom. The van der Waals surface area contributed by atoms with E-state index >= 15 is 0 Å². The van der Waals surface area contributed by atoms with Gasteiger partial charge in [0.15, 0.2) is 0 Å². The third-order valence-electron chi connectivity index (χ3n) is 14.1.